The van der Waals surface area contributed by atoms with Crippen LogP contribution in [0, 0.1) is 6.92 Å². The molecule has 2 aromatic heterocycles. The van der Waals surface area contributed by atoms with Crippen LogP contribution in [0.1, 0.15) is 16.7 Å². The van der Waals surface area contributed by atoms with Gasteiger partial charge in [0.1, 0.15) is 0 Å². The lowest BCUT2D eigenvalue weighted by atomic mass is 10.1. The Hall–Kier alpha value is -2.87. The molecule has 0 bridgehead atoms. The topological polar surface area (TPSA) is 43.1 Å². The van der Waals surface area contributed by atoms with E-state index in [2.05, 4.69) is 15.3 Å². The van der Waals surface area contributed by atoms with Gasteiger partial charge in [0.2, 0.25) is 5.16 Å². The number of rotatable bonds is 4. The number of fused-ring (bicyclic) bond motifs is 1. The largest absolute Gasteiger partial charge is 0.416 e. The molecule has 0 fully saturated rings. The third kappa shape index (κ3) is 3.87. The first-order chi connectivity index (χ1) is 13.4. The van der Waals surface area contributed by atoms with E-state index in [4.69, 9.17) is 0 Å². The van der Waals surface area contributed by atoms with E-state index in [1.807, 2.05) is 43.3 Å². The third-order valence-electron chi connectivity index (χ3n) is 4.23. The number of benzene rings is 2. The van der Waals surface area contributed by atoms with Crippen molar-refractivity contribution in [3.63, 3.8) is 0 Å². The summed E-state index contributed by atoms with van der Waals surface area (Å²) in [6.45, 7) is 2.02. The van der Waals surface area contributed by atoms with E-state index in [9.17, 15) is 13.2 Å². The van der Waals surface area contributed by atoms with Crippen LogP contribution in [0.5, 0.6) is 0 Å². The van der Waals surface area contributed by atoms with Gasteiger partial charge in [-0.2, -0.15) is 22.8 Å². The average molecular weight is 400 g/mol. The van der Waals surface area contributed by atoms with Gasteiger partial charge >= 0.3 is 6.18 Å². The van der Waals surface area contributed by atoms with Crippen LogP contribution in [0.2, 0.25) is 0 Å². The number of hydrogen-bond acceptors (Lipinski definition) is 4. The second-order valence-electron chi connectivity index (χ2n) is 6.32. The summed E-state index contributed by atoms with van der Waals surface area (Å²) in [6.07, 6.45) is -4.33. The molecule has 4 rings (SSSR count). The van der Waals surface area contributed by atoms with E-state index >= 15 is 0 Å². The predicted molar refractivity (Wildman–Crippen MR) is 102 cm³/mol. The summed E-state index contributed by atoms with van der Waals surface area (Å²) < 4.78 is 39.7. The fraction of sp³-hybridized carbons (Fsp3) is 0.150. The van der Waals surface area contributed by atoms with Crippen LogP contribution in [0.3, 0.4) is 0 Å². The molecule has 2 aromatic carbocycles. The zero-order valence-corrected chi connectivity index (χ0v) is 15.6. The molecule has 0 aliphatic heterocycles. The lowest BCUT2D eigenvalue weighted by Crippen LogP contribution is -2.04. The number of nitrogens with zero attached hydrogens (tertiary/aromatic N) is 4. The summed E-state index contributed by atoms with van der Waals surface area (Å²) in [4.78, 5) is 0. The molecule has 4 nitrogen and oxygen atoms in total. The van der Waals surface area contributed by atoms with Crippen molar-refractivity contribution >= 4 is 17.4 Å². The van der Waals surface area contributed by atoms with Gasteiger partial charge in [-0.3, -0.25) is 0 Å². The smallest absolute Gasteiger partial charge is 0.187 e. The SMILES string of the molecule is Cc1ccc(-c2ccc3nnc(SCc4ccc(C(F)(F)F)cc4)n3n2)cc1. The Balaban J connectivity index is 1.55. The van der Waals surface area contributed by atoms with Crippen LogP contribution in [0.15, 0.2) is 65.8 Å². The zero-order chi connectivity index (χ0) is 19.7. The lowest BCUT2D eigenvalue weighted by Gasteiger charge is -2.07. The molecule has 2 heterocycles. The van der Waals surface area contributed by atoms with Crippen LogP contribution in [0.4, 0.5) is 13.2 Å². The lowest BCUT2D eigenvalue weighted by molar-refractivity contribution is -0.137. The Morgan fingerprint density at radius 1 is 0.893 bits per heavy atom. The van der Waals surface area contributed by atoms with Crippen LogP contribution in [0.25, 0.3) is 16.9 Å². The molecule has 0 saturated heterocycles. The van der Waals surface area contributed by atoms with Crippen molar-refractivity contribution in [3.05, 3.63) is 77.4 Å². The van der Waals surface area contributed by atoms with Gasteiger partial charge in [-0.05, 0) is 36.8 Å². The molecule has 0 atom stereocenters. The van der Waals surface area contributed by atoms with E-state index in [-0.39, 0.29) is 0 Å². The number of halogens is 3. The summed E-state index contributed by atoms with van der Waals surface area (Å²) in [5.74, 6) is 0.468. The molecule has 0 N–H and O–H groups in total. The quantitative estimate of drug-likeness (QED) is 0.430. The second-order valence-corrected chi connectivity index (χ2v) is 7.26. The minimum atomic E-state index is -4.33. The van der Waals surface area contributed by atoms with Crippen LogP contribution in [-0.4, -0.2) is 19.8 Å². The van der Waals surface area contributed by atoms with Gasteiger partial charge in [0, 0.05) is 11.3 Å². The molecule has 0 unspecified atom stereocenters. The highest BCUT2D eigenvalue weighted by atomic mass is 32.2. The standard InChI is InChI=1S/C20H15F3N4S/c1-13-2-6-15(7-3-13)17-10-11-18-24-25-19(27(18)26-17)28-12-14-4-8-16(9-5-14)20(21,22)23/h2-11H,12H2,1H3. The summed E-state index contributed by atoms with van der Waals surface area (Å²) in [5, 5.41) is 13.5. The first-order valence-electron chi connectivity index (χ1n) is 8.48. The fourth-order valence-electron chi connectivity index (χ4n) is 2.68. The molecule has 0 spiro atoms. The van der Waals surface area contributed by atoms with Gasteiger partial charge < -0.3 is 0 Å². The van der Waals surface area contributed by atoms with Gasteiger partial charge in [-0.15, -0.1) is 10.2 Å². The molecule has 142 valence electrons. The Bertz CT molecular complexity index is 1100. The molecular formula is C20H15F3N4S. The van der Waals surface area contributed by atoms with Crippen LogP contribution >= 0.6 is 11.8 Å². The molecule has 0 aliphatic rings. The Labute approximate surface area is 163 Å². The summed E-state index contributed by atoms with van der Waals surface area (Å²) >= 11 is 1.37. The van der Waals surface area contributed by atoms with E-state index in [1.165, 1.54) is 29.5 Å². The van der Waals surface area contributed by atoms with E-state index in [0.29, 0.717) is 16.6 Å². The molecule has 4 aromatic rings. The molecule has 0 radical (unpaired) electrons. The molecule has 0 aliphatic carbocycles. The Kier molecular flexibility index (Phi) is 4.80. The van der Waals surface area contributed by atoms with Crippen molar-refractivity contribution < 1.29 is 13.2 Å². The maximum Gasteiger partial charge on any atom is 0.416 e. The summed E-state index contributed by atoms with van der Waals surface area (Å²) in [7, 11) is 0. The van der Waals surface area contributed by atoms with E-state index in [1.54, 1.807) is 4.52 Å². The van der Waals surface area contributed by atoms with Crippen LogP contribution in [-0.2, 0) is 11.9 Å². The van der Waals surface area contributed by atoms with Gasteiger partial charge in [0.15, 0.2) is 5.65 Å². The first kappa shape index (κ1) is 18.5. The highest BCUT2D eigenvalue weighted by Crippen LogP contribution is 2.30. The van der Waals surface area contributed by atoms with Crippen molar-refractivity contribution in [1.29, 1.82) is 0 Å². The van der Waals surface area contributed by atoms with Gasteiger partial charge in [-0.1, -0.05) is 53.7 Å². The minimum absolute atomic E-state index is 0.468. The Morgan fingerprint density at radius 2 is 1.61 bits per heavy atom. The van der Waals surface area contributed by atoms with Crippen molar-refractivity contribution in [2.45, 2.75) is 24.0 Å². The van der Waals surface area contributed by atoms with Crippen molar-refractivity contribution in [2.75, 3.05) is 0 Å². The number of thioether (sulfide) groups is 1. The third-order valence-corrected chi connectivity index (χ3v) is 5.22. The highest BCUT2D eigenvalue weighted by Gasteiger charge is 2.29. The molecule has 8 heteroatoms. The van der Waals surface area contributed by atoms with Crippen molar-refractivity contribution in [3.8, 4) is 11.3 Å². The molecule has 0 amide bonds. The van der Waals surface area contributed by atoms with Gasteiger partial charge in [-0.25, -0.2) is 0 Å². The summed E-state index contributed by atoms with van der Waals surface area (Å²) in [6, 6.07) is 16.9. The Morgan fingerprint density at radius 3 is 2.29 bits per heavy atom. The highest BCUT2D eigenvalue weighted by molar-refractivity contribution is 7.98. The fourth-order valence-corrected chi connectivity index (χ4v) is 3.52. The van der Waals surface area contributed by atoms with E-state index in [0.717, 1.165) is 29.0 Å². The molecule has 28 heavy (non-hydrogen) atoms. The van der Waals surface area contributed by atoms with Crippen molar-refractivity contribution in [1.82, 2.24) is 19.8 Å². The maximum atomic E-state index is 12.7. The monoisotopic (exact) mass is 400 g/mol. The minimum Gasteiger partial charge on any atom is -0.187 e. The predicted octanol–water partition coefficient (Wildman–Crippen LogP) is 5.41. The number of hydrogen-bond donors (Lipinski definition) is 0. The first-order valence-corrected chi connectivity index (χ1v) is 9.47. The van der Waals surface area contributed by atoms with Gasteiger partial charge in [0.25, 0.3) is 0 Å². The number of aryl methyl sites for hydroxylation is 1. The molecule has 0 saturated carbocycles. The van der Waals surface area contributed by atoms with E-state index < -0.39 is 11.7 Å². The molecular weight excluding hydrogens is 385 g/mol. The second kappa shape index (κ2) is 7.27. The normalized spacial score (nSPS) is 11.9. The number of aromatic nitrogens is 4. The van der Waals surface area contributed by atoms with Crippen LogP contribution < -0.4 is 0 Å². The zero-order valence-electron chi connectivity index (χ0n) is 14.8. The number of alkyl halides is 3. The van der Waals surface area contributed by atoms with Crippen molar-refractivity contribution in [2.24, 2.45) is 0 Å². The maximum absolute atomic E-state index is 12.7. The van der Waals surface area contributed by atoms with Gasteiger partial charge in [0.05, 0.1) is 11.3 Å². The summed E-state index contributed by atoms with van der Waals surface area (Å²) in [5.41, 5.74) is 3.68. The average Bonchev–Trinajstić information content (AvgIpc) is 3.09.